The van der Waals surface area contributed by atoms with Crippen LogP contribution in [0.1, 0.15) is 5.56 Å². The van der Waals surface area contributed by atoms with Gasteiger partial charge in [0.15, 0.2) is 5.36 Å². The van der Waals surface area contributed by atoms with E-state index in [4.69, 9.17) is 0 Å². The fourth-order valence-corrected chi connectivity index (χ4v) is 1.15. The van der Waals surface area contributed by atoms with Gasteiger partial charge >= 0.3 is 6.03 Å². The molecule has 1 N–H and O–H groups in total. The van der Waals surface area contributed by atoms with Gasteiger partial charge in [0.05, 0.1) is 0 Å². The molecule has 0 saturated heterocycles. The number of para-hydroxylation sites is 1. The predicted molar refractivity (Wildman–Crippen MR) is 37.4 cm³/mol. The van der Waals surface area contributed by atoms with Crippen LogP contribution in [0.25, 0.3) is 0 Å². The Labute approximate surface area is 63.1 Å². The lowest BCUT2D eigenvalue weighted by Gasteiger charge is -1.81. The van der Waals surface area contributed by atoms with Crippen LogP contribution in [-0.2, 0) is 0 Å². The Hall–Kier alpha value is -1.51. The zero-order valence-electron chi connectivity index (χ0n) is 6.09. The molecule has 0 bridgehead atoms. The third-order valence-corrected chi connectivity index (χ3v) is 1.70. The lowest BCUT2D eigenvalue weighted by Crippen LogP contribution is -2.79. The summed E-state index contributed by atoms with van der Waals surface area (Å²) in [6.07, 6.45) is 0. The second-order valence-corrected chi connectivity index (χ2v) is 2.51. The van der Waals surface area contributed by atoms with Crippen LogP contribution in [0.15, 0.2) is 23.2 Å². The van der Waals surface area contributed by atoms with Crippen LogP contribution in [0.2, 0.25) is 0 Å². The van der Waals surface area contributed by atoms with Crippen LogP contribution in [0.5, 0.6) is 0 Å². The molecule has 0 aliphatic carbocycles. The van der Waals surface area contributed by atoms with Crippen molar-refractivity contribution in [3.05, 3.63) is 34.5 Å². The number of nitrogens with zero attached hydrogens (tertiary/aromatic N) is 1. The molecule has 1 aromatic carbocycles. The Bertz CT molecular complexity index is 434. The van der Waals surface area contributed by atoms with E-state index in [0.29, 0.717) is 0 Å². The summed E-state index contributed by atoms with van der Waals surface area (Å²) < 4.78 is 0. The predicted octanol–water partition coefficient (Wildman–Crippen LogP) is -1.55. The van der Waals surface area contributed by atoms with Gasteiger partial charge in [0.25, 0.3) is 0 Å². The summed E-state index contributed by atoms with van der Waals surface area (Å²) in [6.45, 7) is 1.94. The van der Waals surface area contributed by atoms with E-state index in [0.717, 1.165) is 16.3 Å². The van der Waals surface area contributed by atoms with Gasteiger partial charge < -0.3 is 0 Å². The van der Waals surface area contributed by atoms with Gasteiger partial charge in [0.2, 0.25) is 5.36 Å². The largest absolute Gasteiger partial charge is 0.538 e. The number of rotatable bonds is 0. The van der Waals surface area contributed by atoms with E-state index >= 15 is 0 Å². The number of urea groups is 1. The molecule has 0 atom stereocenters. The van der Waals surface area contributed by atoms with Gasteiger partial charge in [-0.2, -0.15) is 9.79 Å². The van der Waals surface area contributed by atoms with Crippen molar-refractivity contribution in [1.82, 2.24) is 0 Å². The number of amides is 2. The highest BCUT2D eigenvalue weighted by atomic mass is 16.2. The maximum atomic E-state index is 10.8. The van der Waals surface area contributed by atoms with Crippen molar-refractivity contribution in [3.63, 3.8) is 0 Å². The number of aryl methyl sites for hydroxylation is 1. The van der Waals surface area contributed by atoms with E-state index in [1.165, 1.54) is 0 Å². The van der Waals surface area contributed by atoms with Crippen molar-refractivity contribution < 1.29 is 9.79 Å². The number of hydrogen-bond acceptors (Lipinski definition) is 1. The second-order valence-electron chi connectivity index (χ2n) is 2.51. The first kappa shape index (κ1) is 6.22. The molecule has 2 amide bonds. The van der Waals surface area contributed by atoms with Crippen molar-refractivity contribution >= 4 is 6.03 Å². The maximum Gasteiger partial charge on any atom is 0.538 e. The second kappa shape index (κ2) is 1.99. The van der Waals surface area contributed by atoms with Crippen molar-refractivity contribution in [1.29, 1.82) is 0 Å². The van der Waals surface area contributed by atoms with E-state index in [1.807, 2.05) is 25.1 Å². The van der Waals surface area contributed by atoms with Crippen LogP contribution in [0.3, 0.4) is 0 Å². The van der Waals surface area contributed by atoms with Gasteiger partial charge in [-0.1, -0.05) is 12.1 Å². The molecule has 0 spiro atoms. The van der Waals surface area contributed by atoms with E-state index in [9.17, 15) is 4.79 Å². The molecule has 1 heterocycles. The Kier molecular flexibility index (Phi) is 1.12. The Morgan fingerprint density at radius 3 is 3.00 bits per heavy atom. The minimum atomic E-state index is -0.269. The van der Waals surface area contributed by atoms with Crippen molar-refractivity contribution in [2.24, 2.45) is 4.99 Å². The molecule has 1 aromatic rings. The van der Waals surface area contributed by atoms with Crippen molar-refractivity contribution in [2.45, 2.75) is 6.92 Å². The first-order valence-electron chi connectivity index (χ1n) is 3.40. The van der Waals surface area contributed by atoms with Crippen molar-refractivity contribution in [3.8, 4) is 0 Å². The lowest BCUT2D eigenvalue weighted by atomic mass is 10.2. The SMILES string of the molecule is Cc1cccc2c1=[NH+]C(=O)N=2. The van der Waals surface area contributed by atoms with Gasteiger partial charge in [-0.3, -0.25) is 0 Å². The monoisotopic (exact) mass is 147 g/mol. The summed E-state index contributed by atoms with van der Waals surface area (Å²) in [5, 5.41) is 1.59. The molecule has 0 aromatic heterocycles. The van der Waals surface area contributed by atoms with Gasteiger partial charge in [-0.25, -0.2) is 0 Å². The minimum absolute atomic E-state index is 0.269. The Morgan fingerprint density at radius 2 is 2.27 bits per heavy atom. The number of nitrogens with one attached hydrogen (secondary N) is 1. The summed E-state index contributed by atoms with van der Waals surface area (Å²) in [5.41, 5.74) is 1.05. The Balaban J connectivity index is 2.97. The zero-order chi connectivity index (χ0) is 7.84. The first-order chi connectivity index (χ1) is 5.27. The lowest BCUT2D eigenvalue weighted by molar-refractivity contribution is -0.383. The van der Waals surface area contributed by atoms with E-state index < -0.39 is 0 Å². The summed E-state index contributed by atoms with van der Waals surface area (Å²) in [5.74, 6) is 0. The molecule has 1 aliphatic rings. The summed E-state index contributed by atoms with van der Waals surface area (Å²) in [4.78, 5) is 17.2. The minimum Gasteiger partial charge on any atom is -0.196 e. The summed E-state index contributed by atoms with van der Waals surface area (Å²) >= 11 is 0. The van der Waals surface area contributed by atoms with Crippen LogP contribution in [0.4, 0.5) is 4.79 Å². The maximum absolute atomic E-state index is 10.8. The van der Waals surface area contributed by atoms with Gasteiger partial charge in [0, 0.05) is 10.6 Å². The molecule has 3 nitrogen and oxygen atoms in total. The van der Waals surface area contributed by atoms with E-state index in [1.54, 1.807) is 0 Å². The molecule has 3 heteroatoms. The number of carbonyl (C=O) groups excluding carboxylic acids is 1. The van der Waals surface area contributed by atoms with Crippen LogP contribution >= 0.6 is 0 Å². The highest BCUT2D eigenvalue weighted by Crippen LogP contribution is 1.81. The average molecular weight is 147 g/mol. The van der Waals surface area contributed by atoms with Crippen LogP contribution < -0.4 is 15.7 Å². The van der Waals surface area contributed by atoms with E-state index in [-0.39, 0.29) is 6.03 Å². The van der Waals surface area contributed by atoms with E-state index in [2.05, 4.69) is 9.98 Å². The molecule has 0 fully saturated rings. The molecule has 54 valence electrons. The smallest absolute Gasteiger partial charge is 0.196 e. The molecule has 0 saturated carbocycles. The van der Waals surface area contributed by atoms with Crippen molar-refractivity contribution in [2.75, 3.05) is 0 Å². The first-order valence-corrected chi connectivity index (χ1v) is 3.40. The van der Waals surface area contributed by atoms with Crippen LogP contribution in [0, 0.1) is 6.92 Å². The molecule has 11 heavy (non-hydrogen) atoms. The average Bonchev–Trinajstić information content (AvgIpc) is 2.31. The van der Waals surface area contributed by atoms with Gasteiger partial charge in [-0.05, 0) is 13.0 Å². The number of benzene rings is 1. The molecular weight excluding hydrogens is 140 g/mol. The standard InChI is InChI=1S/C8H6N2O/c1-5-3-2-4-6-7(5)10-8(11)9-6/h2-4H,1H3/p+1. The molecule has 2 rings (SSSR count). The quantitative estimate of drug-likeness (QED) is 0.474. The highest BCUT2D eigenvalue weighted by molar-refractivity contribution is 5.65. The fraction of sp³-hybridized carbons (Fsp3) is 0.125. The molecular formula is C8H7N2O+. The van der Waals surface area contributed by atoms with Gasteiger partial charge in [0.1, 0.15) is 0 Å². The fourth-order valence-electron chi connectivity index (χ4n) is 1.15. The number of carbonyl (C=O) groups is 1. The van der Waals surface area contributed by atoms with Crippen LogP contribution in [-0.4, -0.2) is 6.03 Å². The molecule has 0 unspecified atom stereocenters. The highest BCUT2D eigenvalue weighted by Gasteiger charge is 2.14. The topological polar surface area (TPSA) is 43.4 Å². The number of hydrogen-bond donors (Lipinski definition) is 1. The zero-order valence-corrected chi connectivity index (χ0v) is 6.09. The third kappa shape index (κ3) is 0.852. The molecule has 1 aliphatic heterocycles. The summed E-state index contributed by atoms with van der Waals surface area (Å²) in [7, 11) is 0. The number of fused-ring (bicyclic) bond motifs is 1. The third-order valence-electron chi connectivity index (χ3n) is 1.70. The summed E-state index contributed by atoms with van der Waals surface area (Å²) in [6, 6.07) is 5.38. The Morgan fingerprint density at radius 1 is 1.45 bits per heavy atom. The normalized spacial score (nSPS) is 13.7. The molecule has 0 radical (unpaired) electrons. The van der Waals surface area contributed by atoms with Gasteiger partial charge in [-0.15, -0.1) is 0 Å².